The molecule has 0 unspecified atom stereocenters. The molecule has 76 valence electrons. The van der Waals surface area contributed by atoms with Crippen LogP contribution in [-0.4, -0.2) is 16.3 Å². The number of rotatable bonds is 1. The summed E-state index contributed by atoms with van der Waals surface area (Å²) < 4.78 is 12.4. The quantitative estimate of drug-likeness (QED) is 0.668. The lowest BCUT2D eigenvalue weighted by Crippen LogP contribution is -1.83. The van der Waals surface area contributed by atoms with E-state index in [0.29, 0.717) is 6.29 Å². The highest BCUT2D eigenvalue weighted by atomic mass is 19.1. The van der Waals surface area contributed by atoms with E-state index in [4.69, 9.17) is 0 Å². The van der Waals surface area contributed by atoms with Gasteiger partial charge in [0.2, 0.25) is 0 Å². The molecule has 0 saturated heterocycles. The van der Waals surface area contributed by atoms with Crippen molar-refractivity contribution >= 4 is 6.29 Å². The number of halogens is 1. The van der Waals surface area contributed by atoms with Crippen molar-refractivity contribution < 1.29 is 9.18 Å². The molecule has 0 aliphatic carbocycles. The summed E-state index contributed by atoms with van der Waals surface area (Å²) in [6, 6.07) is 5.85. The molecule has 1 aromatic heterocycles. The van der Waals surface area contributed by atoms with Crippen molar-refractivity contribution in [1.29, 1.82) is 0 Å². The smallest absolute Gasteiger partial charge is 0.152 e. The Morgan fingerprint density at radius 2 is 1.53 bits per heavy atom. The molecule has 2 aromatic rings. The van der Waals surface area contributed by atoms with Crippen molar-refractivity contribution in [2.75, 3.05) is 0 Å². The summed E-state index contributed by atoms with van der Waals surface area (Å²) in [5.74, 6) is -0.465. The van der Waals surface area contributed by atoms with E-state index in [1.54, 1.807) is 36.9 Å². The van der Waals surface area contributed by atoms with Crippen LogP contribution in [0.5, 0.6) is 0 Å². The van der Waals surface area contributed by atoms with Crippen molar-refractivity contribution in [1.82, 2.24) is 9.97 Å². The van der Waals surface area contributed by atoms with Crippen LogP contribution < -0.4 is 0 Å². The summed E-state index contributed by atoms with van der Waals surface area (Å²) in [6.45, 7) is 0. The number of carbonyl (C=O) groups is 1. The first-order valence-corrected chi connectivity index (χ1v) is 4.24. The first-order chi connectivity index (χ1) is 7.34. The number of aldehydes is 1. The van der Waals surface area contributed by atoms with Crippen LogP contribution in [0.25, 0.3) is 0 Å². The first kappa shape index (κ1) is 11.0. The van der Waals surface area contributed by atoms with Gasteiger partial charge in [0, 0.05) is 24.8 Å². The van der Waals surface area contributed by atoms with E-state index >= 15 is 0 Å². The lowest BCUT2D eigenvalue weighted by atomic mass is 10.2. The van der Waals surface area contributed by atoms with Crippen molar-refractivity contribution in [3.63, 3.8) is 0 Å². The monoisotopic (exact) mass is 204 g/mol. The van der Waals surface area contributed by atoms with E-state index in [-0.39, 0.29) is 5.56 Å². The number of hydrogen-bond donors (Lipinski definition) is 0. The molecule has 0 bridgehead atoms. The Labute approximate surface area is 86.6 Å². The van der Waals surface area contributed by atoms with Crippen molar-refractivity contribution in [3.8, 4) is 0 Å². The Morgan fingerprint density at radius 1 is 1.00 bits per heavy atom. The fourth-order valence-electron chi connectivity index (χ4n) is 0.824. The van der Waals surface area contributed by atoms with E-state index in [2.05, 4.69) is 9.97 Å². The van der Waals surface area contributed by atoms with Gasteiger partial charge in [-0.15, -0.1) is 0 Å². The van der Waals surface area contributed by atoms with Gasteiger partial charge in [-0.3, -0.25) is 14.8 Å². The number of aromatic nitrogens is 2. The molecule has 4 heteroatoms. The van der Waals surface area contributed by atoms with Crippen molar-refractivity contribution in [3.05, 3.63) is 60.4 Å². The molecule has 1 aromatic carbocycles. The average molecular weight is 204 g/mol. The van der Waals surface area contributed by atoms with Gasteiger partial charge in [-0.1, -0.05) is 12.1 Å². The standard InChI is InChI=1S/C7H5FO.C4H4N2/c8-7-4-2-1-3-6(7)5-9;1-2-6-4-3-5-1/h1-5H;1-4H. The molecule has 0 spiro atoms. The Balaban J connectivity index is 0.000000162. The number of hydrogen-bond acceptors (Lipinski definition) is 3. The van der Waals surface area contributed by atoms with Gasteiger partial charge in [-0.05, 0) is 12.1 Å². The third kappa shape index (κ3) is 4.08. The normalized spacial score (nSPS) is 8.60. The maximum Gasteiger partial charge on any atom is 0.152 e. The highest BCUT2D eigenvalue weighted by Crippen LogP contribution is 2.01. The maximum atomic E-state index is 12.4. The van der Waals surface area contributed by atoms with Gasteiger partial charge in [0.1, 0.15) is 5.82 Å². The lowest BCUT2D eigenvalue weighted by Gasteiger charge is -1.88. The minimum atomic E-state index is -0.465. The van der Waals surface area contributed by atoms with Gasteiger partial charge in [0.25, 0.3) is 0 Å². The average Bonchev–Trinajstić information content (AvgIpc) is 2.33. The first-order valence-electron chi connectivity index (χ1n) is 4.24. The van der Waals surface area contributed by atoms with Crippen LogP contribution in [0.4, 0.5) is 4.39 Å². The summed E-state index contributed by atoms with van der Waals surface area (Å²) in [5, 5.41) is 0. The van der Waals surface area contributed by atoms with Crippen molar-refractivity contribution in [2.45, 2.75) is 0 Å². The Morgan fingerprint density at radius 3 is 1.87 bits per heavy atom. The lowest BCUT2D eigenvalue weighted by molar-refractivity contribution is 0.112. The molecule has 0 aliphatic rings. The van der Waals surface area contributed by atoms with E-state index in [0.717, 1.165) is 0 Å². The van der Waals surface area contributed by atoms with E-state index in [9.17, 15) is 9.18 Å². The zero-order valence-corrected chi connectivity index (χ0v) is 7.88. The maximum absolute atomic E-state index is 12.4. The molecule has 0 fully saturated rings. The second-order valence-electron chi connectivity index (χ2n) is 2.53. The molecule has 0 amide bonds. The fourth-order valence-corrected chi connectivity index (χ4v) is 0.824. The summed E-state index contributed by atoms with van der Waals surface area (Å²) in [5.41, 5.74) is 0.109. The van der Waals surface area contributed by atoms with Gasteiger partial charge in [-0.2, -0.15) is 0 Å². The topological polar surface area (TPSA) is 42.9 Å². The van der Waals surface area contributed by atoms with E-state index in [1.165, 1.54) is 12.1 Å². The highest BCUT2D eigenvalue weighted by Gasteiger charge is 1.94. The number of nitrogens with zero attached hydrogens (tertiary/aromatic N) is 2. The molecular weight excluding hydrogens is 195 g/mol. The molecule has 0 radical (unpaired) electrons. The van der Waals surface area contributed by atoms with Crippen LogP contribution in [-0.2, 0) is 0 Å². The predicted molar refractivity (Wildman–Crippen MR) is 53.8 cm³/mol. The van der Waals surface area contributed by atoms with Crippen LogP contribution in [0.3, 0.4) is 0 Å². The fraction of sp³-hybridized carbons (Fsp3) is 0. The van der Waals surface area contributed by atoms with Gasteiger partial charge in [0.15, 0.2) is 6.29 Å². The van der Waals surface area contributed by atoms with Crippen LogP contribution in [0.2, 0.25) is 0 Å². The van der Waals surface area contributed by atoms with Crippen LogP contribution in [0.1, 0.15) is 10.4 Å². The summed E-state index contributed by atoms with van der Waals surface area (Å²) in [6.07, 6.45) is 7.05. The molecule has 15 heavy (non-hydrogen) atoms. The molecule has 0 atom stereocenters. The van der Waals surface area contributed by atoms with E-state index < -0.39 is 5.82 Å². The third-order valence-electron chi connectivity index (χ3n) is 1.51. The summed E-state index contributed by atoms with van der Waals surface area (Å²) >= 11 is 0. The Hall–Kier alpha value is -2.10. The van der Waals surface area contributed by atoms with Crippen molar-refractivity contribution in [2.24, 2.45) is 0 Å². The summed E-state index contributed by atoms with van der Waals surface area (Å²) in [4.78, 5) is 17.4. The number of benzene rings is 1. The minimum absolute atomic E-state index is 0.109. The molecular formula is C11H9FN2O. The molecule has 0 aliphatic heterocycles. The molecule has 2 rings (SSSR count). The van der Waals surface area contributed by atoms with Gasteiger partial charge >= 0.3 is 0 Å². The second kappa shape index (κ2) is 6.37. The zero-order chi connectivity index (χ0) is 10.9. The number of carbonyl (C=O) groups excluding carboxylic acids is 1. The van der Waals surface area contributed by atoms with Crippen LogP contribution in [0, 0.1) is 5.82 Å². The third-order valence-corrected chi connectivity index (χ3v) is 1.51. The molecule has 0 N–H and O–H groups in total. The Kier molecular flexibility index (Phi) is 4.66. The predicted octanol–water partition coefficient (Wildman–Crippen LogP) is 2.11. The zero-order valence-electron chi connectivity index (χ0n) is 7.88. The molecule has 3 nitrogen and oxygen atoms in total. The van der Waals surface area contributed by atoms with Gasteiger partial charge in [0.05, 0.1) is 5.56 Å². The van der Waals surface area contributed by atoms with Crippen LogP contribution in [0.15, 0.2) is 49.1 Å². The van der Waals surface area contributed by atoms with E-state index in [1.807, 2.05) is 0 Å². The molecule has 1 heterocycles. The second-order valence-corrected chi connectivity index (χ2v) is 2.53. The largest absolute Gasteiger partial charge is 0.298 e. The van der Waals surface area contributed by atoms with Gasteiger partial charge < -0.3 is 0 Å². The van der Waals surface area contributed by atoms with Crippen LogP contribution >= 0.6 is 0 Å². The SMILES string of the molecule is O=Cc1ccccc1F.c1cnccn1. The molecule has 0 saturated carbocycles. The Bertz CT molecular complexity index is 380. The minimum Gasteiger partial charge on any atom is -0.298 e. The summed E-state index contributed by atoms with van der Waals surface area (Å²) in [7, 11) is 0. The highest BCUT2D eigenvalue weighted by molar-refractivity contribution is 5.74. The van der Waals surface area contributed by atoms with Gasteiger partial charge in [-0.25, -0.2) is 4.39 Å².